The van der Waals surface area contributed by atoms with Crippen LogP contribution in [0.25, 0.3) is 11.3 Å². The SMILES string of the molecule is Cc1c(-c2ccc(S(=O)(=O)N(C)C)cc2)[nH]n(CC(=O)O)c1=O. The molecule has 0 unspecified atom stereocenters. The zero-order chi connectivity index (χ0) is 17.4. The summed E-state index contributed by atoms with van der Waals surface area (Å²) in [4.78, 5) is 22.9. The molecule has 2 rings (SSSR count). The van der Waals surface area contributed by atoms with Crippen molar-refractivity contribution in [2.75, 3.05) is 14.1 Å². The summed E-state index contributed by atoms with van der Waals surface area (Å²) in [6.07, 6.45) is 0. The van der Waals surface area contributed by atoms with E-state index in [4.69, 9.17) is 5.11 Å². The number of carboxylic acid groups (broad SMARTS) is 1. The third-order valence-corrected chi connectivity index (χ3v) is 5.23. The molecule has 124 valence electrons. The number of H-pyrrole nitrogens is 1. The lowest BCUT2D eigenvalue weighted by molar-refractivity contribution is -0.137. The molecule has 1 aromatic carbocycles. The standard InChI is InChI=1S/C14H17N3O5S/c1-9-13(15-17(14(9)20)8-12(18)19)10-4-6-11(7-5-10)23(21,22)16(2)3/h4-7,15H,8H2,1-3H3,(H,18,19). The van der Waals surface area contributed by atoms with Crippen LogP contribution in [0.5, 0.6) is 0 Å². The summed E-state index contributed by atoms with van der Waals surface area (Å²) in [5, 5.41) is 11.5. The van der Waals surface area contributed by atoms with E-state index in [1.165, 1.54) is 26.2 Å². The molecular formula is C14H17N3O5S. The van der Waals surface area contributed by atoms with Gasteiger partial charge in [-0.15, -0.1) is 0 Å². The van der Waals surface area contributed by atoms with Crippen molar-refractivity contribution in [1.29, 1.82) is 0 Å². The Morgan fingerprint density at radius 2 is 1.83 bits per heavy atom. The molecule has 8 nitrogen and oxygen atoms in total. The number of nitrogens with one attached hydrogen (secondary N) is 1. The van der Waals surface area contributed by atoms with Crippen LogP contribution in [-0.4, -0.2) is 47.7 Å². The lowest BCUT2D eigenvalue weighted by Crippen LogP contribution is -2.22. The van der Waals surface area contributed by atoms with Crippen LogP contribution >= 0.6 is 0 Å². The van der Waals surface area contributed by atoms with Crippen LogP contribution in [0, 0.1) is 6.92 Å². The Balaban J connectivity index is 2.45. The molecular weight excluding hydrogens is 322 g/mol. The first kappa shape index (κ1) is 17.0. The van der Waals surface area contributed by atoms with Gasteiger partial charge in [0, 0.05) is 19.7 Å². The third-order valence-electron chi connectivity index (χ3n) is 3.40. The number of aliphatic carboxylic acids is 1. The third kappa shape index (κ3) is 3.20. The van der Waals surface area contributed by atoms with E-state index in [2.05, 4.69) is 5.10 Å². The average Bonchev–Trinajstić information content (AvgIpc) is 2.75. The van der Waals surface area contributed by atoms with Crippen molar-refractivity contribution in [1.82, 2.24) is 14.1 Å². The quantitative estimate of drug-likeness (QED) is 0.823. The fraction of sp³-hybridized carbons (Fsp3) is 0.286. The van der Waals surface area contributed by atoms with Crippen LogP contribution in [0.2, 0.25) is 0 Å². The van der Waals surface area contributed by atoms with Crippen molar-refractivity contribution >= 4 is 16.0 Å². The van der Waals surface area contributed by atoms with Gasteiger partial charge in [0.05, 0.1) is 10.6 Å². The predicted molar refractivity (Wildman–Crippen MR) is 83.7 cm³/mol. The second kappa shape index (κ2) is 6.01. The van der Waals surface area contributed by atoms with Gasteiger partial charge in [0.2, 0.25) is 10.0 Å². The van der Waals surface area contributed by atoms with Crippen LogP contribution in [0.1, 0.15) is 5.56 Å². The molecule has 23 heavy (non-hydrogen) atoms. The van der Waals surface area contributed by atoms with Gasteiger partial charge >= 0.3 is 5.97 Å². The van der Waals surface area contributed by atoms with E-state index in [0.717, 1.165) is 8.99 Å². The van der Waals surface area contributed by atoms with E-state index in [1.54, 1.807) is 19.1 Å². The number of rotatable bonds is 5. The number of nitrogens with zero attached hydrogens (tertiary/aromatic N) is 2. The molecule has 0 bridgehead atoms. The molecule has 1 heterocycles. The zero-order valence-corrected chi connectivity index (χ0v) is 13.7. The van der Waals surface area contributed by atoms with Crippen molar-refractivity contribution < 1.29 is 18.3 Å². The summed E-state index contributed by atoms with van der Waals surface area (Å²) in [5.74, 6) is -1.13. The van der Waals surface area contributed by atoms with Crippen molar-refractivity contribution in [2.45, 2.75) is 18.4 Å². The molecule has 0 saturated heterocycles. The van der Waals surface area contributed by atoms with Crippen LogP contribution in [0.15, 0.2) is 34.0 Å². The maximum atomic E-state index is 12.0. The predicted octanol–water partition coefficient (Wildman–Crippen LogP) is 0.487. The number of aromatic nitrogens is 2. The molecule has 0 radical (unpaired) electrons. The molecule has 0 amide bonds. The fourth-order valence-corrected chi connectivity index (χ4v) is 3.01. The van der Waals surface area contributed by atoms with Gasteiger partial charge in [-0.05, 0) is 24.6 Å². The number of benzene rings is 1. The van der Waals surface area contributed by atoms with Crippen molar-refractivity contribution in [3.63, 3.8) is 0 Å². The smallest absolute Gasteiger partial charge is 0.325 e. The van der Waals surface area contributed by atoms with Crippen LogP contribution in [0.4, 0.5) is 0 Å². The largest absolute Gasteiger partial charge is 0.480 e. The number of hydrogen-bond acceptors (Lipinski definition) is 4. The minimum atomic E-state index is -3.53. The fourth-order valence-electron chi connectivity index (χ4n) is 2.11. The molecule has 0 aliphatic heterocycles. The summed E-state index contributed by atoms with van der Waals surface area (Å²) in [5.41, 5.74) is 1.01. The molecule has 0 atom stereocenters. The monoisotopic (exact) mass is 339 g/mol. The highest BCUT2D eigenvalue weighted by atomic mass is 32.2. The molecule has 0 fully saturated rings. The first-order valence-corrected chi connectivity index (χ1v) is 8.12. The molecule has 0 aliphatic rings. The second-order valence-corrected chi connectivity index (χ2v) is 7.36. The van der Waals surface area contributed by atoms with Gasteiger partial charge in [-0.1, -0.05) is 12.1 Å². The first-order chi connectivity index (χ1) is 10.6. The topological polar surface area (TPSA) is 112 Å². The van der Waals surface area contributed by atoms with Gasteiger partial charge in [0.25, 0.3) is 5.56 Å². The van der Waals surface area contributed by atoms with E-state index in [-0.39, 0.29) is 4.90 Å². The van der Waals surface area contributed by atoms with E-state index in [9.17, 15) is 18.0 Å². The number of aromatic amines is 1. The molecule has 1 aromatic heterocycles. The molecule has 0 aliphatic carbocycles. The molecule has 2 aromatic rings. The normalized spacial score (nSPS) is 11.8. The lowest BCUT2D eigenvalue weighted by atomic mass is 10.1. The Kier molecular flexibility index (Phi) is 4.44. The number of carbonyl (C=O) groups is 1. The summed E-state index contributed by atoms with van der Waals surface area (Å²) in [7, 11) is -0.644. The van der Waals surface area contributed by atoms with Gasteiger partial charge in [0.15, 0.2) is 0 Å². The molecule has 2 N–H and O–H groups in total. The Bertz CT molecular complexity index is 891. The van der Waals surface area contributed by atoms with E-state index < -0.39 is 28.1 Å². The first-order valence-electron chi connectivity index (χ1n) is 6.68. The Hall–Kier alpha value is -2.39. The average molecular weight is 339 g/mol. The number of hydrogen-bond donors (Lipinski definition) is 2. The van der Waals surface area contributed by atoms with Gasteiger partial charge in [-0.25, -0.2) is 17.4 Å². The maximum absolute atomic E-state index is 12.0. The minimum absolute atomic E-state index is 0.135. The highest BCUT2D eigenvalue weighted by molar-refractivity contribution is 7.89. The molecule has 0 spiro atoms. The summed E-state index contributed by atoms with van der Waals surface area (Å²) >= 11 is 0. The van der Waals surface area contributed by atoms with Gasteiger partial charge in [-0.2, -0.15) is 0 Å². The highest BCUT2D eigenvalue weighted by Crippen LogP contribution is 2.22. The van der Waals surface area contributed by atoms with Gasteiger partial charge in [0.1, 0.15) is 6.54 Å². The summed E-state index contributed by atoms with van der Waals surface area (Å²) in [6.45, 7) is 1.11. The van der Waals surface area contributed by atoms with Crippen molar-refractivity contribution in [3.8, 4) is 11.3 Å². The Labute approximate surface area is 133 Å². The van der Waals surface area contributed by atoms with Crippen LogP contribution in [0.3, 0.4) is 0 Å². The second-order valence-electron chi connectivity index (χ2n) is 5.21. The van der Waals surface area contributed by atoms with E-state index in [0.29, 0.717) is 16.8 Å². The van der Waals surface area contributed by atoms with E-state index >= 15 is 0 Å². The minimum Gasteiger partial charge on any atom is -0.480 e. The van der Waals surface area contributed by atoms with Crippen LogP contribution < -0.4 is 5.56 Å². The lowest BCUT2D eigenvalue weighted by Gasteiger charge is -2.11. The van der Waals surface area contributed by atoms with Crippen LogP contribution in [-0.2, 0) is 21.4 Å². The zero-order valence-electron chi connectivity index (χ0n) is 12.9. The Morgan fingerprint density at radius 1 is 1.26 bits per heavy atom. The number of carboxylic acids is 1. The van der Waals surface area contributed by atoms with Crippen molar-refractivity contribution in [2.24, 2.45) is 0 Å². The van der Waals surface area contributed by atoms with Gasteiger partial charge in [-0.3, -0.25) is 14.7 Å². The number of sulfonamides is 1. The van der Waals surface area contributed by atoms with Crippen molar-refractivity contribution in [3.05, 3.63) is 40.2 Å². The summed E-state index contributed by atoms with van der Waals surface area (Å²) < 4.78 is 26.2. The van der Waals surface area contributed by atoms with E-state index in [1.807, 2.05) is 0 Å². The summed E-state index contributed by atoms with van der Waals surface area (Å²) in [6, 6.07) is 6.02. The molecule has 0 saturated carbocycles. The Morgan fingerprint density at radius 3 is 2.30 bits per heavy atom. The molecule has 9 heteroatoms. The highest BCUT2D eigenvalue weighted by Gasteiger charge is 2.18. The van der Waals surface area contributed by atoms with Gasteiger partial charge < -0.3 is 5.11 Å². The maximum Gasteiger partial charge on any atom is 0.325 e.